The monoisotopic (exact) mass is 420 g/mol. The van der Waals surface area contributed by atoms with E-state index in [0.717, 1.165) is 5.39 Å². The number of carbonyl (C=O) groups is 1. The molecule has 8 nitrogen and oxygen atoms in total. The second-order valence-electron chi connectivity index (χ2n) is 8.04. The van der Waals surface area contributed by atoms with Crippen LogP contribution < -0.4 is 4.90 Å². The third-order valence-electron chi connectivity index (χ3n) is 4.72. The minimum absolute atomic E-state index is 0.0430. The molecule has 0 aliphatic rings. The molecule has 31 heavy (non-hydrogen) atoms. The fourth-order valence-corrected chi connectivity index (χ4v) is 3.35. The molecule has 1 amide bonds. The number of nitriles is 1. The van der Waals surface area contributed by atoms with Crippen molar-refractivity contribution < 1.29 is 13.9 Å². The van der Waals surface area contributed by atoms with Crippen LogP contribution in [0.25, 0.3) is 33.3 Å². The third-order valence-corrected chi connectivity index (χ3v) is 4.72. The Labute approximate surface area is 177 Å². The zero-order chi connectivity index (χ0) is 22.3. The molecule has 0 bridgehead atoms. The second kappa shape index (κ2) is 7.40. The fourth-order valence-electron chi connectivity index (χ4n) is 3.35. The molecule has 0 unspecified atom stereocenters. The van der Waals surface area contributed by atoms with Gasteiger partial charge < -0.3 is 14.7 Å². The van der Waals surface area contributed by atoms with Gasteiger partial charge in [-0.15, -0.1) is 0 Å². The Balaban J connectivity index is 1.86. The second-order valence-corrected chi connectivity index (χ2v) is 8.04. The largest absolute Gasteiger partial charge is 0.443 e. The molecule has 4 aromatic rings. The Morgan fingerprint density at radius 3 is 2.77 bits per heavy atom. The average molecular weight is 420 g/mol. The Morgan fingerprint density at radius 2 is 2.10 bits per heavy atom. The SMILES string of the molecule is CCN(C(=O)OC(C)(C)C)c1nc2[nH]c(-c3ccc(F)c(C#N)c3)cc2c2[nH]cnc12. The van der Waals surface area contributed by atoms with E-state index in [0.29, 0.717) is 40.3 Å². The van der Waals surface area contributed by atoms with Crippen molar-refractivity contribution in [2.45, 2.75) is 33.3 Å². The summed E-state index contributed by atoms with van der Waals surface area (Å²) in [6.45, 7) is 7.57. The molecule has 4 rings (SSSR count). The van der Waals surface area contributed by atoms with E-state index in [4.69, 9.17) is 10.00 Å². The van der Waals surface area contributed by atoms with E-state index < -0.39 is 17.5 Å². The lowest BCUT2D eigenvalue weighted by Gasteiger charge is -2.26. The number of ether oxygens (including phenoxy) is 1. The normalized spacial score (nSPS) is 11.6. The standard InChI is InChI=1S/C22H21FN6O2/c1-5-29(21(30)31-22(2,3)4)20-18-17(25-11-26-18)14-9-16(27-19(14)28-20)12-6-7-15(23)13(8-12)10-24/h6-9,11H,5H2,1-4H3,(H,25,26)(H,27,28). The van der Waals surface area contributed by atoms with Crippen molar-refractivity contribution in [3.05, 3.63) is 42.0 Å². The molecule has 0 saturated heterocycles. The van der Waals surface area contributed by atoms with Gasteiger partial charge in [0.1, 0.15) is 28.7 Å². The zero-order valence-corrected chi connectivity index (χ0v) is 17.6. The predicted molar refractivity (Wildman–Crippen MR) is 115 cm³/mol. The number of H-pyrrole nitrogens is 2. The van der Waals surface area contributed by atoms with Crippen LogP contribution in [0.1, 0.15) is 33.3 Å². The summed E-state index contributed by atoms with van der Waals surface area (Å²) in [5, 5.41) is 9.88. The van der Waals surface area contributed by atoms with Gasteiger partial charge in [0.25, 0.3) is 0 Å². The van der Waals surface area contributed by atoms with Crippen LogP contribution in [0.2, 0.25) is 0 Å². The number of hydrogen-bond donors (Lipinski definition) is 2. The Bertz CT molecular complexity index is 1340. The number of halogens is 1. The highest BCUT2D eigenvalue weighted by molar-refractivity contribution is 6.09. The first kappa shape index (κ1) is 20.3. The lowest BCUT2D eigenvalue weighted by molar-refractivity contribution is 0.0581. The van der Waals surface area contributed by atoms with Crippen molar-refractivity contribution in [3.8, 4) is 17.3 Å². The van der Waals surface area contributed by atoms with E-state index in [2.05, 4.69) is 19.9 Å². The molecule has 9 heteroatoms. The number of aromatic nitrogens is 4. The van der Waals surface area contributed by atoms with E-state index >= 15 is 0 Å². The number of rotatable bonds is 3. The molecule has 0 saturated carbocycles. The number of hydrogen-bond acceptors (Lipinski definition) is 5. The number of aromatic amines is 2. The Kier molecular flexibility index (Phi) is 4.85. The van der Waals surface area contributed by atoms with Gasteiger partial charge in [0.2, 0.25) is 0 Å². The molecule has 0 spiro atoms. The first-order chi connectivity index (χ1) is 14.7. The highest BCUT2D eigenvalue weighted by atomic mass is 19.1. The summed E-state index contributed by atoms with van der Waals surface area (Å²) < 4.78 is 19.2. The van der Waals surface area contributed by atoms with E-state index in [9.17, 15) is 9.18 Å². The van der Waals surface area contributed by atoms with Crippen molar-refractivity contribution in [3.63, 3.8) is 0 Å². The fraction of sp³-hybridized carbons (Fsp3) is 0.273. The molecule has 3 aromatic heterocycles. The van der Waals surface area contributed by atoms with E-state index in [1.165, 1.54) is 23.4 Å². The highest BCUT2D eigenvalue weighted by Crippen LogP contribution is 2.33. The molecule has 0 fully saturated rings. The van der Waals surface area contributed by atoms with Gasteiger partial charge in [-0.25, -0.2) is 19.2 Å². The number of imidazole rings is 1. The number of carbonyl (C=O) groups excluding carboxylic acids is 1. The van der Waals surface area contributed by atoms with Crippen LogP contribution in [0.15, 0.2) is 30.6 Å². The quantitative estimate of drug-likeness (QED) is 0.491. The van der Waals surface area contributed by atoms with Gasteiger partial charge in [0.05, 0.1) is 17.4 Å². The number of nitrogens with one attached hydrogen (secondary N) is 2. The van der Waals surface area contributed by atoms with Gasteiger partial charge in [-0.05, 0) is 57.5 Å². The van der Waals surface area contributed by atoms with Crippen LogP contribution in [0.5, 0.6) is 0 Å². The maximum atomic E-state index is 13.7. The molecule has 0 atom stereocenters. The predicted octanol–water partition coefficient (Wildman–Crippen LogP) is 4.88. The van der Waals surface area contributed by atoms with Crippen molar-refractivity contribution >= 4 is 34.0 Å². The van der Waals surface area contributed by atoms with Crippen molar-refractivity contribution in [2.75, 3.05) is 11.4 Å². The molecule has 158 valence electrons. The number of amides is 1. The summed E-state index contributed by atoms with van der Waals surface area (Å²) in [5.41, 5.74) is 2.36. The van der Waals surface area contributed by atoms with E-state index in [1.54, 1.807) is 26.8 Å². The van der Waals surface area contributed by atoms with Crippen molar-refractivity contribution in [1.82, 2.24) is 19.9 Å². The van der Waals surface area contributed by atoms with Gasteiger partial charge in [0.15, 0.2) is 5.82 Å². The van der Waals surface area contributed by atoms with Crippen LogP contribution in [-0.2, 0) is 4.74 Å². The van der Waals surface area contributed by atoms with Gasteiger partial charge in [0, 0.05) is 17.6 Å². The summed E-state index contributed by atoms with van der Waals surface area (Å²) in [6, 6.07) is 8.02. The van der Waals surface area contributed by atoms with Gasteiger partial charge in [-0.1, -0.05) is 0 Å². The van der Waals surface area contributed by atoms with Crippen LogP contribution in [0, 0.1) is 17.1 Å². The lowest BCUT2D eigenvalue weighted by atomic mass is 10.1. The molecular weight excluding hydrogens is 399 g/mol. The molecule has 2 N–H and O–H groups in total. The molecule has 0 aliphatic carbocycles. The smallest absolute Gasteiger partial charge is 0.416 e. The Hall–Kier alpha value is -3.93. The average Bonchev–Trinajstić information content (AvgIpc) is 3.34. The maximum absolute atomic E-state index is 13.7. The van der Waals surface area contributed by atoms with Crippen molar-refractivity contribution in [2.24, 2.45) is 0 Å². The number of anilines is 1. The first-order valence-electron chi connectivity index (χ1n) is 9.78. The van der Waals surface area contributed by atoms with Crippen LogP contribution >= 0.6 is 0 Å². The van der Waals surface area contributed by atoms with Crippen LogP contribution in [-0.4, -0.2) is 38.2 Å². The highest BCUT2D eigenvalue weighted by Gasteiger charge is 2.26. The molecule has 0 radical (unpaired) electrons. The number of benzene rings is 1. The first-order valence-corrected chi connectivity index (χ1v) is 9.78. The summed E-state index contributed by atoms with van der Waals surface area (Å²) in [6.07, 6.45) is 1.02. The summed E-state index contributed by atoms with van der Waals surface area (Å²) >= 11 is 0. The number of pyridine rings is 1. The Morgan fingerprint density at radius 1 is 1.32 bits per heavy atom. The van der Waals surface area contributed by atoms with Crippen molar-refractivity contribution in [1.29, 1.82) is 5.26 Å². The van der Waals surface area contributed by atoms with Gasteiger partial charge in [-0.3, -0.25) is 4.90 Å². The van der Waals surface area contributed by atoms with Crippen LogP contribution in [0.4, 0.5) is 15.0 Å². The maximum Gasteiger partial charge on any atom is 0.416 e. The summed E-state index contributed by atoms with van der Waals surface area (Å²) in [5.74, 6) is -0.208. The molecule has 3 heterocycles. The van der Waals surface area contributed by atoms with Gasteiger partial charge >= 0.3 is 6.09 Å². The lowest BCUT2D eigenvalue weighted by Crippen LogP contribution is -2.37. The van der Waals surface area contributed by atoms with E-state index in [-0.39, 0.29) is 5.56 Å². The van der Waals surface area contributed by atoms with E-state index in [1.807, 2.05) is 19.1 Å². The number of nitrogens with zero attached hydrogens (tertiary/aromatic N) is 4. The molecular formula is C22H21FN6O2. The van der Waals surface area contributed by atoms with Crippen LogP contribution in [0.3, 0.4) is 0 Å². The topological polar surface area (TPSA) is 111 Å². The zero-order valence-electron chi connectivity index (χ0n) is 17.6. The van der Waals surface area contributed by atoms with Gasteiger partial charge in [-0.2, -0.15) is 5.26 Å². The third kappa shape index (κ3) is 3.68. The summed E-state index contributed by atoms with van der Waals surface area (Å²) in [7, 11) is 0. The minimum atomic E-state index is -0.653. The number of fused-ring (bicyclic) bond motifs is 3. The summed E-state index contributed by atoms with van der Waals surface area (Å²) in [4.78, 5) is 29.5. The molecule has 1 aromatic carbocycles. The minimum Gasteiger partial charge on any atom is -0.443 e. The molecule has 0 aliphatic heterocycles.